The van der Waals surface area contributed by atoms with E-state index >= 15 is 0 Å². The Balaban J connectivity index is 4.62. The number of hydrogen-bond donors (Lipinski definition) is 1. The van der Waals surface area contributed by atoms with Crippen molar-refractivity contribution in [2.45, 2.75) is 20.3 Å². The van der Waals surface area contributed by atoms with Gasteiger partial charge in [-0.1, -0.05) is 13.0 Å². The van der Waals surface area contributed by atoms with Crippen molar-refractivity contribution in [3.8, 4) is 0 Å². The van der Waals surface area contributed by atoms with Gasteiger partial charge in [0.15, 0.2) is 0 Å². The zero-order valence-corrected chi connectivity index (χ0v) is 9.43. The maximum atomic E-state index is 11.3. The molecule has 0 bridgehead atoms. The molecule has 0 spiro atoms. The van der Waals surface area contributed by atoms with Crippen molar-refractivity contribution in [3.05, 3.63) is 22.3 Å². The molecule has 0 aromatic heterocycles. The molecule has 0 unspecified atom stereocenters. The summed E-state index contributed by atoms with van der Waals surface area (Å²) in [4.78, 5) is 11.3. The molecule has 0 saturated carbocycles. The third kappa shape index (κ3) is 4.12. The number of nitrogens with two attached hydrogens (primary N) is 1. The molecule has 0 radical (unpaired) electrons. The van der Waals surface area contributed by atoms with Gasteiger partial charge in [-0.05, 0) is 29.3 Å². The van der Waals surface area contributed by atoms with Gasteiger partial charge in [0.05, 0.1) is 12.2 Å². The lowest BCUT2D eigenvalue weighted by molar-refractivity contribution is -0.138. The molecule has 0 saturated heterocycles. The van der Waals surface area contributed by atoms with Crippen molar-refractivity contribution in [2.24, 2.45) is 5.73 Å². The highest BCUT2D eigenvalue weighted by molar-refractivity contribution is 9.12. The predicted octanol–water partition coefficient (Wildman–Crippen LogP) is 2.08. The van der Waals surface area contributed by atoms with Crippen LogP contribution in [0.1, 0.15) is 20.3 Å². The molecule has 0 aliphatic heterocycles. The van der Waals surface area contributed by atoms with Crippen LogP contribution >= 0.6 is 15.9 Å². The number of halogens is 1. The first kappa shape index (κ1) is 12.2. The molecule has 0 aliphatic rings. The Bertz CT molecular complexity index is 234. The van der Waals surface area contributed by atoms with E-state index in [1.165, 1.54) is 6.20 Å². The molecular weight excluding hydrogens is 234 g/mol. The van der Waals surface area contributed by atoms with Gasteiger partial charge in [-0.15, -0.1) is 0 Å². The number of esters is 1. The molecule has 0 atom stereocenters. The molecule has 3 nitrogen and oxygen atoms in total. The standard InChI is InChI=1S/C9H14BrNO2/c1-3-5-7(8(10)6-11)9(12)13-4-2/h5-6H,3-4,11H2,1-2H3/b7-5+,8-6+. The first-order valence-electron chi connectivity index (χ1n) is 4.12. The van der Waals surface area contributed by atoms with Gasteiger partial charge in [0.25, 0.3) is 0 Å². The van der Waals surface area contributed by atoms with Crippen LogP contribution in [-0.4, -0.2) is 12.6 Å². The second kappa shape index (κ2) is 6.71. The van der Waals surface area contributed by atoms with Gasteiger partial charge in [0.1, 0.15) is 0 Å². The van der Waals surface area contributed by atoms with E-state index < -0.39 is 0 Å². The molecule has 0 aromatic rings. The van der Waals surface area contributed by atoms with Crippen LogP contribution in [0, 0.1) is 0 Å². The summed E-state index contributed by atoms with van der Waals surface area (Å²) < 4.78 is 5.41. The zero-order chi connectivity index (χ0) is 10.3. The number of ether oxygens (including phenoxy) is 1. The van der Waals surface area contributed by atoms with Crippen LogP contribution in [-0.2, 0) is 9.53 Å². The first-order chi connectivity index (χ1) is 6.17. The van der Waals surface area contributed by atoms with E-state index in [1.807, 2.05) is 6.92 Å². The molecule has 13 heavy (non-hydrogen) atoms. The molecule has 4 heteroatoms. The van der Waals surface area contributed by atoms with E-state index in [2.05, 4.69) is 15.9 Å². The Hall–Kier alpha value is -0.770. The summed E-state index contributed by atoms with van der Waals surface area (Å²) in [5.41, 5.74) is 5.76. The Labute approximate surface area is 86.8 Å². The predicted molar refractivity (Wildman–Crippen MR) is 56.2 cm³/mol. The fourth-order valence-corrected chi connectivity index (χ4v) is 1.10. The van der Waals surface area contributed by atoms with Gasteiger partial charge < -0.3 is 10.5 Å². The number of rotatable bonds is 4. The third-order valence-electron chi connectivity index (χ3n) is 1.31. The van der Waals surface area contributed by atoms with Crippen molar-refractivity contribution in [1.82, 2.24) is 0 Å². The monoisotopic (exact) mass is 247 g/mol. The SMILES string of the molecule is CC/C=C(C(=O)OCC)\C(Br)=C/N. The average Bonchev–Trinajstić information content (AvgIpc) is 2.13. The summed E-state index contributed by atoms with van der Waals surface area (Å²) in [5, 5.41) is 0. The second-order valence-corrected chi connectivity index (χ2v) is 3.12. The summed E-state index contributed by atoms with van der Waals surface area (Å²) in [7, 11) is 0. The summed E-state index contributed by atoms with van der Waals surface area (Å²) in [6, 6.07) is 0. The van der Waals surface area contributed by atoms with Gasteiger partial charge in [0.2, 0.25) is 0 Å². The summed E-state index contributed by atoms with van der Waals surface area (Å²) in [5.74, 6) is -0.349. The minimum absolute atomic E-state index is 0.349. The van der Waals surface area contributed by atoms with Crippen molar-refractivity contribution in [2.75, 3.05) is 6.61 Å². The second-order valence-electron chi connectivity index (χ2n) is 2.26. The van der Waals surface area contributed by atoms with Crippen molar-refractivity contribution in [3.63, 3.8) is 0 Å². The van der Waals surface area contributed by atoms with Gasteiger partial charge in [-0.25, -0.2) is 4.79 Å². The van der Waals surface area contributed by atoms with Crippen LogP contribution in [0.15, 0.2) is 22.3 Å². The molecule has 0 rings (SSSR count). The highest BCUT2D eigenvalue weighted by Crippen LogP contribution is 2.17. The zero-order valence-electron chi connectivity index (χ0n) is 7.84. The lowest BCUT2D eigenvalue weighted by Crippen LogP contribution is -2.08. The van der Waals surface area contributed by atoms with Crippen molar-refractivity contribution in [1.29, 1.82) is 0 Å². The van der Waals surface area contributed by atoms with E-state index in [0.29, 0.717) is 16.7 Å². The Morgan fingerprint density at radius 1 is 1.54 bits per heavy atom. The van der Waals surface area contributed by atoms with E-state index in [1.54, 1.807) is 13.0 Å². The lowest BCUT2D eigenvalue weighted by Gasteiger charge is -2.04. The number of hydrogen-bond acceptors (Lipinski definition) is 3. The smallest absolute Gasteiger partial charge is 0.338 e. The van der Waals surface area contributed by atoms with E-state index in [4.69, 9.17) is 10.5 Å². The van der Waals surface area contributed by atoms with Crippen molar-refractivity contribution < 1.29 is 9.53 Å². The fraction of sp³-hybridized carbons (Fsp3) is 0.444. The fourth-order valence-electron chi connectivity index (χ4n) is 0.781. The van der Waals surface area contributed by atoms with E-state index in [0.717, 1.165) is 6.42 Å². The molecule has 0 aliphatic carbocycles. The van der Waals surface area contributed by atoms with Gasteiger partial charge >= 0.3 is 5.97 Å². The Morgan fingerprint density at radius 2 is 2.15 bits per heavy atom. The maximum Gasteiger partial charge on any atom is 0.338 e. The third-order valence-corrected chi connectivity index (χ3v) is 2.00. The summed E-state index contributed by atoms with van der Waals surface area (Å²) in [6.45, 7) is 4.07. The quantitative estimate of drug-likeness (QED) is 0.470. The van der Waals surface area contributed by atoms with Gasteiger partial charge in [0, 0.05) is 10.7 Å². The van der Waals surface area contributed by atoms with Crippen LogP contribution in [0.2, 0.25) is 0 Å². The molecule has 0 amide bonds. The minimum atomic E-state index is -0.349. The minimum Gasteiger partial charge on any atom is -0.462 e. The number of carbonyl (C=O) groups excluding carboxylic acids is 1. The van der Waals surface area contributed by atoms with Crippen molar-refractivity contribution >= 4 is 21.9 Å². The maximum absolute atomic E-state index is 11.3. The van der Waals surface area contributed by atoms with Crippen LogP contribution in [0.4, 0.5) is 0 Å². The molecule has 2 N–H and O–H groups in total. The summed E-state index contributed by atoms with van der Waals surface area (Å²) >= 11 is 3.18. The normalized spacial score (nSPS) is 12.8. The average molecular weight is 248 g/mol. The highest BCUT2D eigenvalue weighted by Gasteiger charge is 2.12. The number of allylic oxidation sites excluding steroid dienone is 1. The molecule has 0 heterocycles. The summed E-state index contributed by atoms with van der Waals surface area (Å²) in [6.07, 6.45) is 3.86. The Kier molecular flexibility index (Phi) is 6.32. The van der Waals surface area contributed by atoms with Gasteiger partial charge in [-0.2, -0.15) is 0 Å². The first-order valence-corrected chi connectivity index (χ1v) is 4.91. The molecular formula is C9H14BrNO2. The van der Waals surface area contributed by atoms with Crippen LogP contribution in [0.3, 0.4) is 0 Å². The Morgan fingerprint density at radius 3 is 2.54 bits per heavy atom. The highest BCUT2D eigenvalue weighted by atomic mass is 79.9. The van der Waals surface area contributed by atoms with E-state index in [9.17, 15) is 4.79 Å². The van der Waals surface area contributed by atoms with Crippen LogP contribution in [0.5, 0.6) is 0 Å². The molecule has 74 valence electrons. The van der Waals surface area contributed by atoms with Crippen LogP contribution in [0.25, 0.3) is 0 Å². The lowest BCUT2D eigenvalue weighted by atomic mass is 10.2. The van der Waals surface area contributed by atoms with Crippen LogP contribution < -0.4 is 5.73 Å². The largest absolute Gasteiger partial charge is 0.462 e. The van der Waals surface area contributed by atoms with E-state index in [-0.39, 0.29) is 5.97 Å². The molecule has 0 fully saturated rings. The number of carbonyl (C=O) groups is 1. The topological polar surface area (TPSA) is 52.3 Å². The van der Waals surface area contributed by atoms with Gasteiger partial charge in [-0.3, -0.25) is 0 Å². The molecule has 0 aromatic carbocycles.